The highest BCUT2D eigenvalue weighted by molar-refractivity contribution is 7.80. The second kappa shape index (κ2) is 5.30. The summed E-state index contributed by atoms with van der Waals surface area (Å²) < 4.78 is 12.8. The smallest absolute Gasteiger partial charge is 0.240 e. The fraction of sp³-hybridized carbons (Fsp3) is 0.333. The van der Waals surface area contributed by atoms with E-state index in [4.69, 9.17) is 18.0 Å². The number of nitrogens with two attached hydrogens (primary N) is 1. The van der Waals surface area contributed by atoms with Crippen LogP contribution >= 0.6 is 12.2 Å². The fourth-order valence-corrected chi connectivity index (χ4v) is 2.37. The number of carbonyl (C=O) groups is 1. The van der Waals surface area contributed by atoms with E-state index >= 15 is 0 Å². The first-order valence-corrected chi connectivity index (χ1v) is 6.11. The first-order valence-electron chi connectivity index (χ1n) is 5.70. The van der Waals surface area contributed by atoms with E-state index in [1.54, 1.807) is 17.0 Å². The number of hydrogen-bond acceptors (Lipinski definition) is 2. The van der Waals surface area contributed by atoms with Crippen molar-refractivity contribution in [2.45, 2.75) is 18.9 Å². The molecule has 1 saturated heterocycles. The third kappa shape index (κ3) is 2.76. The number of amides is 1. The van der Waals surface area contributed by atoms with Crippen molar-refractivity contribution in [2.24, 2.45) is 5.73 Å². The average molecular weight is 267 g/mol. The van der Waals surface area contributed by atoms with Gasteiger partial charge in [0, 0.05) is 12.2 Å². The van der Waals surface area contributed by atoms with Crippen molar-refractivity contribution >= 4 is 28.9 Å². The molecule has 3 N–H and O–H groups in total. The lowest BCUT2D eigenvalue weighted by Crippen LogP contribution is -2.45. The molecule has 0 spiro atoms. The lowest BCUT2D eigenvalue weighted by molar-refractivity contribution is -0.121. The van der Waals surface area contributed by atoms with Crippen molar-refractivity contribution in [2.75, 3.05) is 11.9 Å². The van der Waals surface area contributed by atoms with Gasteiger partial charge in [0.25, 0.3) is 0 Å². The SMILES string of the molecule is NC(=O)[C@H]1CCCN1C(=S)Nc1ccc(F)cc1. The third-order valence-corrected chi connectivity index (χ3v) is 3.27. The maximum atomic E-state index is 12.8. The summed E-state index contributed by atoms with van der Waals surface area (Å²) >= 11 is 5.24. The molecule has 96 valence electrons. The minimum absolute atomic E-state index is 0.303. The summed E-state index contributed by atoms with van der Waals surface area (Å²) in [7, 11) is 0. The Kier molecular flexibility index (Phi) is 3.76. The van der Waals surface area contributed by atoms with Crippen LogP contribution in [0.25, 0.3) is 0 Å². The largest absolute Gasteiger partial charge is 0.368 e. The van der Waals surface area contributed by atoms with Gasteiger partial charge in [0.2, 0.25) is 5.91 Å². The van der Waals surface area contributed by atoms with Crippen molar-refractivity contribution in [1.82, 2.24) is 4.90 Å². The molecule has 1 aromatic carbocycles. The average Bonchev–Trinajstić information content (AvgIpc) is 2.81. The summed E-state index contributed by atoms with van der Waals surface area (Å²) in [6.45, 7) is 0.709. The zero-order valence-electron chi connectivity index (χ0n) is 9.73. The molecule has 1 amide bonds. The number of nitrogens with zero attached hydrogens (tertiary/aromatic N) is 1. The Labute approximate surface area is 110 Å². The van der Waals surface area contributed by atoms with Gasteiger partial charge in [0.05, 0.1) is 0 Å². The van der Waals surface area contributed by atoms with Crippen LogP contribution in [0.15, 0.2) is 24.3 Å². The van der Waals surface area contributed by atoms with Crippen LogP contribution in [0.2, 0.25) is 0 Å². The number of carbonyl (C=O) groups excluding carboxylic acids is 1. The van der Waals surface area contributed by atoms with Crippen LogP contribution in [0.3, 0.4) is 0 Å². The Morgan fingerprint density at radius 2 is 2.11 bits per heavy atom. The van der Waals surface area contributed by atoms with Crippen molar-refractivity contribution in [3.05, 3.63) is 30.1 Å². The van der Waals surface area contributed by atoms with E-state index in [-0.39, 0.29) is 17.8 Å². The molecule has 0 saturated carbocycles. The molecule has 0 radical (unpaired) electrons. The van der Waals surface area contributed by atoms with E-state index in [1.807, 2.05) is 0 Å². The standard InChI is InChI=1S/C12H14FN3OS/c13-8-3-5-9(6-4-8)15-12(18)16-7-1-2-10(16)11(14)17/h3-6,10H,1-2,7H2,(H2,14,17)(H,15,18)/t10-/m1/s1. The number of halogens is 1. The third-order valence-electron chi connectivity index (χ3n) is 2.94. The summed E-state index contributed by atoms with van der Waals surface area (Å²) in [5, 5.41) is 3.43. The van der Waals surface area contributed by atoms with Gasteiger partial charge in [0.15, 0.2) is 5.11 Å². The minimum Gasteiger partial charge on any atom is -0.368 e. The van der Waals surface area contributed by atoms with E-state index in [2.05, 4.69) is 5.32 Å². The summed E-state index contributed by atoms with van der Waals surface area (Å²) in [6.07, 6.45) is 1.61. The zero-order valence-corrected chi connectivity index (χ0v) is 10.5. The molecule has 4 nitrogen and oxygen atoms in total. The molecule has 2 rings (SSSR count). The predicted molar refractivity (Wildman–Crippen MR) is 71.5 cm³/mol. The highest BCUT2D eigenvalue weighted by atomic mass is 32.1. The molecule has 1 aliphatic heterocycles. The molecule has 0 bridgehead atoms. The molecule has 18 heavy (non-hydrogen) atoms. The van der Waals surface area contributed by atoms with E-state index in [0.29, 0.717) is 17.3 Å². The normalized spacial score (nSPS) is 18.7. The van der Waals surface area contributed by atoms with Crippen LogP contribution in [0.5, 0.6) is 0 Å². The maximum absolute atomic E-state index is 12.8. The number of benzene rings is 1. The van der Waals surface area contributed by atoms with E-state index < -0.39 is 0 Å². The Bertz CT molecular complexity index is 463. The van der Waals surface area contributed by atoms with Crippen molar-refractivity contribution in [3.63, 3.8) is 0 Å². The zero-order chi connectivity index (χ0) is 13.1. The number of primary amides is 1. The Morgan fingerprint density at radius 3 is 2.72 bits per heavy atom. The molecule has 1 aliphatic rings. The Balaban J connectivity index is 2.03. The number of hydrogen-bond donors (Lipinski definition) is 2. The summed E-state index contributed by atoms with van der Waals surface area (Å²) in [4.78, 5) is 13.0. The summed E-state index contributed by atoms with van der Waals surface area (Å²) in [5.41, 5.74) is 6.01. The van der Waals surface area contributed by atoms with Gasteiger partial charge in [-0.1, -0.05) is 0 Å². The van der Waals surface area contributed by atoms with E-state index in [0.717, 1.165) is 12.8 Å². The van der Waals surface area contributed by atoms with Gasteiger partial charge < -0.3 is 16.0 Å². The molecule has 0 aromatic heterocycles. The first kappa shape index (κ1) is 12.8. The van der Waals surface area contributed by atoms with Gasteiger partial charge in [-0.05, 0) is 49.3 Å². The van der Waals surface area contributed by atoms with Crippen LogP contribution in [0.4, 0.5) is 10.1 Å². The molecule has 0 aliphatic carbocycles. The lowest BCUT2D eigenvalue weighted by Gasteiger charge is -2.25. The monoisotopic (exact) mass is 267 g/mol. The topological polar surface area (TPSA) is 58.4 Å². The van der Waals surface area contributed by atoms with Crippen molar-refractivity contribution in [1.29, 1.82) is 0 Å². The van der Waals surface area contributed by atoms with Crippen molar-refractivity contribution < 1.29 is 9.18 Å². The van der Waals surface area contributed by atoms with Crippen LogP contribution in [-0.2, 0) is 4.79 Å². The fourth-order valence-electron chi connectivity index (χ4n) is 2.03. The molecule has 0 unspecified atom stereocenters. The van der Waals surface area contributed by atoms with Crippen LogP contribution in [0, 0.1) is 5.82 Å². The number of thiocarbonyl (C=S) groups is 1. The first-order chi connectivity index (χ1) is 8.58. The number of rotatable bonds is 2. The van der Waals surface area contributed by atoms with E-state index in [1.165, 1.54) is 12.1 Å². The molecule has 1 fully saturated rings. The Morgan fingerprint density at radius 1 is 1.44 bits per heavy atom. The van der Waals surface area contributed by atoms with Crippen LogP contribution in [-0.4, -0.2) is 28.5 Å². The van der Waals surface area contributed by atoms with Crippen LogP contribution < -0.4 is 11.1 Å². The van der Waals surface area contributed by atoms with Crippen LogP contribution in [0.1, 0.15) is 12.8 Å². The van der Waals surface area contributed by atoms with Gasteiger partial charge in [-0.25, -0.2) is 4.39 Å². The van der Waals surface area contributed by atoms with Gasteiger partial charge in [-0.15, -0.1) is 0 Å². The highest BCUT2D eigenvalue weighted by Gasteiger charge is 2.30. The van der Waals surface area contributed by atoms with E-state index in [9.17, 15) is 9.18 Å². The minimum atomic E-state index is -0.365. The highest BCUT2D eigenvalue weighted by Crippen LogP contribution is 2.19. The summed E-state index contributed by atoms with van der Waals surface area (Å²) in [5.74, 6) is -0.668. The van der Waals surface area contributed by atoms with Crippen molar-refractivity contribution in [3.8, 4) is 0 Å². The molecule has 1 atom stereocenters. The molecular formula is C12H14FN3OS. The number of anilines is 1. The second-order valence-electron chi connectivity index (χ2n) is 4.19. The molecular weight excluding hydrogens is 253 g/mol. The van der Waals surface area contributed by atoms with Gasteiger partial charge in [-0.3, -0.25) is 4.79 Å². The molecule has 6 heteroatoms. The maximum Gasteiger partial charge on any atom is 0.240 e. The lowest BCUT2D eigenvalue weighted by atomic mass is 10.2. The van der Waals surface area contributed by atoms with Gasteiger partial charge in [0.1, 0.15) is 11.9 Å². The second-order valence-corrected chi connectivity index (χ2v) is 4.58. The van der Waals surface area contributed by atoms with Gasteiger partial charge in [-0.2, -0.15) is 0 Å². The molecule has 1 aromatic rings. The predicted octanol–water partition coefficient (Wildman–Crippen LogP) is 1.47. The molecule has 1 heterocycles. The quantitative estimate of drug-likeness (QED) is 0.797. The van der Waals surface area contributed by atoms with Gasteiger partial charge >= 0.3 is 0 Å². The number of nitrogens with one attached hydrogen (secondary N) is 1. The summed E-state index contributed by atoms with van der Waals surface area (Å²) in [6, 6.07) is 5.54. The Hall–Kier alpha value is -1.69. The number of likely N-dealkylation sites (tertiary alicyclic amines) is 1.